The summed E-state index contributed by atoms with van der Waals surface area (Å²) in [6.07, 6.45) is 2.22. The number of guanidine groups is 1. The van der Waals surface area contributed by atoms with Gasteiger partial charge in [-0.2, -0.15) is 4.98 Å². The molecule has 0 radical (unpaired) electrons. The number of aliphatic imine (C=N–C) groups is 1. The summed E-state index contributed by atoms with van der Waals surface area (Å²) < 4.78 is 5.20. The average Bonchev–Trinajstić information content (AvgIpc) is 3.07. The number of rotatable bonds is 5. The van der Waals surface area contributed by atoms with Crippen molar-refractivity contribution >= 4 is 11.6 Å². The van der Waals surface area contributed by atoms with Crippen LogP contribution in [0.3, 0.4) is 0 Å². The average molecular weight is 322 g/mol. The summed E-state index contributed by atoms with van der Waals surface area (Å²) in [5, 5.41) is 6.97. The molecule has 0 aliphatic carbocycles. The monoisotopic (exact) mass is 322 g/mol. The molecule has 1 aromatic carbocycles. The van der Waals surface area contributed by atoms with Crippen molar-refractivity contribution in [2.45, 2.75) is 13.3 Å². The summed E-state index contributed by atoms with van der Waals surface area (Å²) in [7, 11) is 0. The smallest absolute Gasteiger partial charge is 0.276 e. The zero-order chi connectivity index (χ0) is 16.8. The lowest BCUT2D eigenvalue weighted by Gasteiger charge is -2.05. The predicted octanol–water partition coefficient (Wildman–Crippen LogP) is 2.41. The van der Waals surface area contributed by atoms with Gasteiger partial charge in [0.2, 0.25) is 0 Å². The Morgan fingerprint density at radius 2 is 2.04 bits per heavy atom. The number of pyridine rings is 1. The van der Waals surface area contributed by atoms with Crippen molar-refractivity contribution in [3.8, 4) is 11.6 Å². The molecule has 0 amide bonds. The van der Waals surface area contributed by atoms with Gasteiger partial charge in [0, 0.05) is 24.8 Å². The number of nitrogens with zero attached hydrogens (tertiary/aromatic N) is 4. The Morgan fingerprint density at radius 1 is 1.21 bits per heavy atom. The van der Waals surface area contributed by atoms with E-state index in [0.29, 0.717) is 36.3 Å². The Kier molecular flexibility index (Phi) is 4.81. The van der Waals surface area contributed by atoms with E-state index in [1.807, 2.05) is 49.4 Å². The number of nitrogens with one attached hydrogen (secondary N) is 1. The molecule has 24 heavy (non-hydrogen) atoms. The topological polar surface area (TPSA) is 102 Å². The molecule has 2 aromatic heterocycles. The Morgan fingerprint density at radius 3 is 2.79 bits per heavy atom. The second kappa shape index (κ2) is 7.36. The van der Waals surface area contributed by atoms with Crippen LogP contribution in [0.15, 0.2) is 58.2 Å². The number of benzene rings is 1. The van der Waals surface area contributed by atoms with Crippen LogP contribution in [0.1, 0.15) is 11.4 Å². The third-order valence-electron chi connectivity index (χ3n) is 3.29. The Bertz CT molecular complexity index is 811. The standard InChI is InChI=1S/C17H18N6O/c1-12-5-7-13(8-6-12)21-17(18)20-11-9-15-22-16(24-23-15)14-4-2-3-10-19-14/h2-8,10H,9,11H2,1H3,(H3,18,20,21). The molecular formula is C17H18N6O. The first-order valence-corrected chi connectivity index (χ1v) is 7.58. The van der Waals surface area contributed by atoms with E-state index in [2.05, 4.69) is 25.4 Å². The summed E-state index contributed by atoms with van der Waals surface area (Å²) >= 11 is 0. The molecule has 0 saturated heterocycles. The molecule has 122 valence electrons. The fraction of sp³-hybridized carbons (Fsp3) is 0.176. The quantitative estimate of drug-likeness (QED) is 0.552. The SMILES string of the molecule is Cc1ccc(NC(N)=NCCc2noc(-c3ccccn3)n2)cc1. The minimum atomic E-state index is 0.354. The van der Waals surface area contributed by atoms with Crippen LogP contribution in [0.25, 0.3) is 11.6 Å². The highest BCUT2D eigenvalue weighted by Gasteiger charge is 2.08. The molecule has 3 rings (SSSR count). The van der Waals surface area contributed by atoms with Gasteiger partial charge in [0.1, 0.15) is 5.69 Å². The molecule has 0 atom stereocenters. The Balaban J connectivity index is 1.54. The molecule has 0 unspecified atom stereocenters. The number of anilines is 1. The summed E-state index contributed by atoms with van der Waals surface area (Å²) in [4.78, 5) is 12.7. The van der Waals surface area contributed by atoms with Gasteiger partial charge in [0.15, 0.2) is 11.8 Å². The highest BCUT2D eigenvalue weighted by Crippen LogP contribution is 2.13. The van der Waals surface area contributed by atoms with Crippen molar-refractivity contribution in [3.63, 3.8) is 0 Å². The summed E-state index contributed by atoms with van der Waals surface area (Å²) in [5.74, 6) is 1.33. The minimum Gasteiger partial charge on any atom is -0.370 e. The molecule has 0 saturated carbocycles. The van der Waals surface area contributed by atoms with Crippen molar-refractivity contribution < 1.29 is 4.52 Å². The Hall–Kier alpha value is -3.22. The molecule has 0 spiro atoms. The van der Waals surface area contributed by atoms with Crippen LogP contribution in [0.5, 0.6) is 0 Å². The van der Waals surface area contributed by atoms with Gasteiger partial charge in [-0.25, -0.2) is 0 Å². The maximum Gasteiger partial charge on any atom is 0.276 e. The van der Waals surface area contributed by atoms with Crippen LogP contribution in [0, 0.1) is 6.92 Å². The van der Waals surface area contributed by atoms with Gasteiger partial charge in [-0.15, -0.1) is 0 Å². The lowest BCUT2D eigenvalue weighted by atomic mass is 10.2. The van der Waals surface area contributed by atoms with Gasteiger partial charge in [0.25, 0.3) is 5.89 Å². The van der Waals surface area contributed by atoms with Crippen LogP contribution in [-0.4, -0.2) is 27.6 Å². The Labute approximate surface area is 139 Å². The van der Waals surface area contributed by atoms with E-state index in [0.717, 1.165) is 5.69 Å². The predicted molar refractivity (Wildman–Crippen MR) is 92.5 cm³/mol. The summed E-state index contributed by atoms with van der Waals surface area (Å²) in [6, 6.07) is 13.4. The molecule has 7 heteroatoms. The maximum absolute atomic E-state index is 5.87. The molecular weight excluding hydrogens is 304 g/mol. The number of aryl methyl sites for hydroxylation is 1. The largest absolute Gasteiger partial charge is 0.370 e. The van der Waals surface area contributed by atoms with E-state index in [1.165, 1.54) is 5.56 Å². The highest BCUT2D eigenvalue weighted by atomic mass is 16.5. The lowest BCUT2D eigenvalue weighted by Crippen LogP contribution is -2.23. The van der Waals surface area contributed by atoms with E-state index < -0.39 is 0 Å². The first-order chi connectivity index (χ1) is 11.7. The molecule has 0 bridgehead atoms. The van der Waals surface area contributed by atoms with Crippen LogP contribution in [0.2, 0.25) is 0 Å². The number of nitrogens with two attached hydrogens (primary N) is 1. The van der Waals surface area contributed by atoms with Crippen LogP contribution < -0.4 is 11.1 Å². The van der Waals surface area contributed by atoms with Gasteiger partial charge >= 0.3 is 0 Å². The first-order valence-electron chi connectivity index (χ1n) is 7.58. The fourth-order valence-corrected chi connectivity index (χ4v) is 2.05. The third-order valence-corrected chi connectivity index (χ3v) is 3.29. The van der Waals surface area contributed by atoms with Gasteiger partial charge < -0.3 is 15.6 Å². The van der Waals surface area contributed by atoms with E-state index in [1.54, 1.807) is 6.20 Å². The summed E-state index contributed by atoms with van der Waals surface area (Å²) in [5.41, 5.74) is 8.62. The zero-order valence-electron chi connectivity index (χ0n) is 13.3. The van der Waals surface area contributed by atoms with Crippen molar-refractivity contribution in [3.05, 3.63) is 60.0 Å². The fourth-order valence-electron chi connectivity index (χ4n) is 2.05. The number of hydrogen-bond donors (Lipinski definition) is 2. The second-order valence-electron chi connectivity index (χ2n) is 5.24. The van der Waals surface area contributed by atoms with E-state index in [-0.39, 0.29) is 0 Å². The molecule has 2 heterocycles. The highest BCUT2D eigenvalue weighted by molar-refractivity contribution is 5.92. The van der Waals surface area contributed by atoms with Crippen LogP contribution in [-0.2, 0) is 6.42 Å². The lowest BCUT2D eigenvalue weighted by molar-refractivity contribution is 0.421. The zero-order valence-corrected chi connectivity index (χ0v) is 13.3. The van der Waals surface area contributed by atoms with Gasteiger partial charge in [-0.3, -0.25) is 9.98 Å². The van der Waals surface area contributed by atoms with Crippen molar-refractivity contribution in [1.82, 2.24) is 15.1 Å². The van der Waals surface area contributed by atoms with Crippen molar-refractivity contribution in [2.24, 2.45) is 10.7 Å². The minimum absolute atomic E-state index is 0.354. The maximum atomic E-state index is 5.87. The summed E-state index contributed by atoms with van der Waals surface area (Å²) in [6.45, 7) is 2.50. The van der Waals surface area contributed by atoms with Crippen LogP contribution >= 0.6 is 0 Å². The molecule has 3 aromatic rings. The van der Waals surface area contributed by atoms with E-state index in [9.17, 15) is 0 Å². The van der Waals surface area contributed by atoms with Crippen molar-refractivity contribution in [1.29, 1.82) is 0 Å². The second-order valence-corrected chi connectivity index (χ2v) is 5.24. The van der Waals surface area contributed by atoms with Gasteiger partial charge in [-0.1, -0.05) is 28.9 Å². The van der Waals surface area contributed by atoms with Gasteiger partial charge in [0.05, 0.1) is 0 Å². The normalized spacial score (nSPS) is 11.5. The van der Waals surface area contributed by atoms with E-state index in [4.69, 9.17) is 10.3 Å². The molecule has 0 aliphatic rings. The molecule has 3 N–H and O–H groups in total. The first kappa shape index (κ1) is 15.7. The molecule has 0 aliphatic heterocycles. The van der Waals surface area contributed by atoms with Crippen LogP contribution in [0.4, 0.5) is 5.69 Å². The molecule has 0 fully saturated rings. The van der Waals surface area contributed by atoms with Gasteiger partial charge in [-0.05, 0) is 31.2 Å². The van der Waals surface area contributed by atoms with Crippen molar-refractivity contribution in [2.75, 3.05) is 11.9 Å². The third kappa shape index (κ3) is 4.16. The number of hydrogen-bond acceptors (Lipinski definition) is 5. The molecule has 7 nitrogen and oxygen atoms in total. The number of aromatic nitrogens is 3. The van der Waals surface area contributed by atoms with E-state index >= 15 is 0 Å².